The van der Waals surface area contributed by atoms with Gasteiger partial charge in [-0.3, -0.25) is 4.40 Å². The molecule has 1 aliphatic rings. The maximum absolute atomic E-state index is 6.46. The molecular formula is C22H23ClN8. The molecule has 1 saturated carbocycles. The lowest BCUT2D eigenvalue weighted by Gasteiger charge is -2.26. The Bertz CT molecular complexity index is 1180. The minimum atomic E-state index is 0.303. The molecule has 0 bridgehead atoms. The van der Waals surface area contributed by atoms with Crippen LogP contribution in [0.5, 0.6) is 0 Å². The van der Waals surface area contributed by atoms with Crippen LogP contribution in [0.1, 0.15) is 36.8 Å². The van der Waals surface area contributed by atoms with Gasteiger partial charge in [0.1, 0.15) is 17.7 Å². The van der Waals surface area contributed by atoms with Gasteiger partial charge in [0.05, 0.1) is 23.1 Å². The van der Waals surface area contributed by atoms with Crippen molar-refractivity contribution >= 4 is 23.2 Å². The van der Waals surface area contributed by atoms with Crippen LogP contribution in [0.4, 0.5) is 5.95 Å². The topological polar surface area (TPSA) is 107 Å². The van der Waals surface area contributed by atoms with E-state index in [1.165, 1.54) is 6.33 Å². The summed E-state index contributed by atoms with van der Waals surface area (Å²) >= 11 is 6.46. The van der Waals surface area contributed by atoms with Crippen molar-refractivity contribution in [2.45, 2.75) is 44.2 Å². The van der Waals surface area contributed by atoms with Crippen molar-refractivity contribution in [3.63, 3.8) is 0 Å². The van der Waals surface area contributed by atoms with Crippen LogP contribution < -0.4 is 11.1 Å². The van der Waals surface area contributed by atoms with Crippen molar-refractivity contribution < 1.29 is 0 Å². The first-order valence-corrected chi connectivity index (χ1v) is 10.8. The van der Waals surface area contributed by atoms with Crippen LogP contribution in [0, 0.1) is 0 Å². The molecule has 0 aromatic carbocycles. The van der Waals surface area contributed by atoms with Gasteiger partial charge in [0.2, 0.25) is 5.95 Å². The van der Waals surface area contributed by atoms with Crippen molar-refractivity contribution in [3.05, 3.63) is 65.6 Å². The number of fused-ring (bicyclic) bond motifs is 1. The molecule has 0 saturated heterocycles. The number of hydrogen-bond donors (Lipinski definition) is 2. The molecule has 1 aliphatic carbocycles. The van der Waals surface area contributed by atoms with Gasteiger partial charge in [0, 0.05) is 37.1 Å². The second-order valence-electron chi connectivity index (χ2n) is 7.98. The highest BCUT2D eigenvalue weighted by molar-refractivity contribution is 6.32. The smallest absolute Gasteiger partial charge is 0.223 e. The summed E-state index contributed by atoms with van der Waals surface area (Å²) in [5.41, 5.74) is 10.5. The molecule has 0 unspecified atom stereocenters. The number of nitrogens with one attached hydrogen (secondary N) is 1. The van der Waals surface area contributed by atoms with Crippen molar-refractivity contribution in [3.8, 4) is 11.4 Å². The summed E-state index contributed by atoms with van der Waals surface area (Å²) in [5, 5.41) is 3.93. The van der Waals surface area contributed by atoms with E-state index in [0.717, 1.165) is 54.6 Å². The third-order valence-corrected chi connectivity index (χ3v) is 5.97. The average molecular weight is 435 g/mol. The van der Waals surface area contributed by atoms with Gasteiger partial charge in [-0.25, -0.2) is 24.9 Å². The Morgan fingerprint density at radius 2 is 1.84 bits per heavy atom. The standard InChI is InChI=1S/C22H23ClN8/c23-18-11-28-22(29-17-3-1-16(24)2-4-17)30-21(18)19-12-27-20-8-14(5-6-31(19)20)7-15-9-25-13-26-10-15/h5-6,8-13,16-17H,1-4,7,24H2,(H,28,29,30). The van der Waals surface area contributed by atoms with Gasteiger partial charge in [-0.05, 0) is 48.9 Å². The van der Waals surface area contributed by atoms with Crippen LogP contribution in [-0.2, 0) is 6.42 Å². The third kappa shape index (κ3) is 4.35. The van der Waals surface area contributed by atoms with Crippen LogP contribution in [0.3, 0.4) is 0 Å². The lowest BCUT2D eigenvalue weighted by Crippen LogP contribution is -2.33. The van der Waals surface area contributed by atoms with Gasteiger partial charge in [-0.15, -0.1) is 0 Å². The average Bonchev–Trinajstić information content (AvgIpc) is 3.20. The van der Waals surface area contributed by atoms with E-state index in [9.17, 15) is 0 Å². The largest absolute Gasteiger partial charge is 0.351 e. The van der Waals surface area contributed by atoms with Crippen LogP contribution in [-0.4, -0.2) is 41.4 Å². The molecule has 4 heterocycles. The van der Waals surface area contributed by atoms with E-state index in [1.54, 1.807) is 12.4 Å². The Balaban J connectivity index is 1.41. The summed E-state index contributed by atoms with van der Waals surface area (Å²) in [6.45, 7) is 0. The molecule has 158 valence electrons. The molecule has 1 fully saturated rings. The van der Waals surface area contributed by atoms with E-state index in [4.69, 9.17) is 22.3 Å². The molecule has 0 radical (unpaired) electrons. The van der Waals surface area contributed by atoms with Gasteiger partial charge >= 0.3 is 0 Å². The number of pyridine rings is 1. The summed E-state index contributed by atoms with van der Waals surface area (Å²) in [7, 11) is 0. The molecule has 0 spiro atoms. The molecule has 31 heavy (non-hydrogen) atoms. The van der Waals surface area contributed by atoms with Crippen molar-refractivity contribution in [1.82, 2.24) is 29.3 Å². The molecule has 3 N–H and O–H groups in total. The van der Waals surface area contributed by atoms with Gasteiger partial charge in [0.25, 0.3) is 0 Å². The SMILES string of the molecule is NC1CCC(Nc2ncc(Cl)c(-c3cnc4cc(Cc5cncnc5)ccn34)n2)CC1. The predicted octanol–water partition coefficient (Wildman–Crippen LogP) is 3.51. The van der Waals surface area contributed by atoms with Gasteiger partial charge in [-0.1, -0.05) is 11.6 Å². The number of hydrogen-bond acceptors (Lipinski definition) is 7. The fraction of sp³-hybridized carbons (Fsp3) is 0.318. The molecule has 4 aromatic heterocycles. The molecule has 8 nitrogen and oxygen atoms in total. The zero-order chi connectivity index (χ0) is 21.2. The minimum Gasteiger partial charge on any atom is -0.351 e. The number of anilines is 1. The van der Waals surface area contributed by atoms with E-state index < -0.39 is 0 Å². The maximum atomic E-state index is 6.46. The van der Waals surface area contributed by atoms with E-state index in [2.05, 4.69) is 37.4 Å². The lowest BCUT2D eigenvalue weighted by molar-refractivity contribution is 0.410. The maximum Gasteiger partial charge on any atom is 0.223 e. The highest BCUT2D eigenvalue weighted by atomic mass is 35.5. The highest BCUT2D eigenvalue weighted by Gasteiger charge is 2.20. The van der Waals surface area contributed by atoms with Crippen LogP contribution in [0.15, 0.2) is 49.4 Å². The molecule has 9 heteroatoms. The van der Waals surface area contributed by atoms with Crippen molar-refractivity contribution in [1.29, 1.82) is 0 Å². The summed E-state index contributed by atoms with van der Waals surface area (Å²) in [6.07, 6.45) is 15.4. The number of nitrogens with two attached hydrogens (primary N) is 1. The number of halogens is 1. The molecular weight excluding hydrogens is 412 g/mol. The highest BCUT2D eigenvalue weighted by Crippen LogP contribution is 2.28. The van der Waals surface area contributed by atoms with Crippen LogP contribution in [0.25, 0.3) is 17.0 Å². The Hall–Kier alpha value is -3.10. The Kier molecular flexibility index (Phi) is 5.48. The predicted molar refractivity (Wildman–Crippen MR) is 120 cm³/mol. The number of rotatable bonds is 5. The van der Waals surface area contributed by atoms with Gasteiger partial charge < -0.3 is 11.1 Å². The van der Waals surface area contributed by atoms with Crippen molar-refractivity contribution in [2.24, 2.45) is 5.73 Å². The summed E-state index contributed by atoms with van der Waals surface area (Å²) in [4.78, 5) is 21.8. The van der Waals surface area contributed by atoms with E-state index >= 15 is 0 Å². The number of aromatic nitrogens is 6. The summed E-state index contributed by atoms with van der Waals surface area (Å²) < 4.78 is 1.99. The minimum absolute atomic E-state index is 0.303. The second kappa shape index (κ2) is 8.56. The van der Waals surface area contributed by atoms with Crippen LogP contribution in [0.2, 0.25) is 5.02 Å². The summed E-state index contributed by atoms with van der Waals surface area (Å²) in [5.74, 6) is 0.579. The first-order chi connectivity index (χ1) is 15.2. The molecule has 4 aromatic rings. The zero-order valence-electron chi connectivity index (χ0n) is 16.9. The van der Waals surface area contributed by atoms with Gasteiger partial charge in [0.15, 0.2) is 0 Å². The first kappa shape index (κ1) is 19.8. The fourth-order valence-corrected chi connectivity index (χ4v) is 4.22. The lowest BCUT2D eigenvalue weighted by atomic mass is 9.92. The second-order valence-corrected chi connectivity index (χ2v) is 8.38. The molecule has 0 atom stereocenters. The number of nitrogens with zero attached hydrogens (tertiary/aromatic N) is 6. The monoisotopic (exact) mass is 434 g/mol. The first-order valence-electron chi connectivity index (χ1n) is 10.4. The molecule has 0 amide bonds. The quantitative estimate of drug-likeness (QED) is 0.495. The van der Waals surface area contributed by atoms with Crippen molar-refractivity contribution in [2.75, 3.05) is 5.32 Å². The van der Waals surface area contributed by atoms with Gasteiger partial charge in [-0.2, -0.15) is 0 Å². The normalized spacial score (nSPS) is 18.9. The zero-order valence-corrected chi connectivity index (χ0v) is 17.7. The fourth-order valence-electron chi connectivity index (χ4n) is 4.03. The third-order valence-electron chi connectivity index (χ3n) is 5.69. The Labute approximate surface area is 185 Å². The molecule has 0 aliphatic heterocycles. The molecule has 5 rings (SSSR count). The number of imidazole rings is 1. The Morgan fingerprint density at radius 3 is 2.65 bits per heavy atom. The van der Waals surface area contributed by atoms with E-state index in [0.29, 0.717) is 28.7 Å². The summed E-state index contributed by atoms with van der Waals surface area (Å²) in [6, 6.07) is 4.75. The van der Waals surface area contributed by atoms with E-state index in [-0.39, 0.29) is 0 Å². The van der Waals surface area contributed by atoms with Crippen LogP contribution >= 0.6 is 11.6 Å². The Morgan fingerprint density at radius 1 is 1.03 bits per heavy atom. The van der Waals surface area contributed by atoms with E-state index in [1.807, 2.05) is 23.0 Å².